The Kier molecular flexibility index (Phi) is 9.40. The first-order chi connectivity index (χ1) is 8.52. The minimum Gasteiger partial charge on any atom is -0.351 e. The van der Waals surface area contributed by atoms with Gasteiger partial charge in [0, 0.05) is 19.1 Å². The van der Waals surface area contributed by atoms with Crippen molar-refractivity contribution >= 4 is 18.3 Å². The van der Waals surface area contributed by atoms with E-state index in [1.807, 2.05) is 6.92 Å². The van der Waals surface area contributed by atoms with Crippen LogP contribution in [0, 0.1) is 5.92 Å². The van der Waals surface area contributed by atoms with Gasteiger partial charge in [-0.05, 0) is 38.6 Å². The number of nitrogens with one attached hydrogen (secondary N) is 1. The Morgan fingerprint density at radius 1 is 1.53 bits per heavy atom. The van der Waals surface area contributed by atoms with E-state index in [0.29, 0.717) is 0 Å². The highest BCUT2D eigenvalue weighted by atomic mass is 35.5. The predicted molar refractivity (Wildman–Crippen MR) is 82.6 cm³/mol. The van der Waals surface area contributed by atoms with Crippen LogP contribution in [0.4, 0.5) is 0 Å². The first kappa shape index (κ1) is 18.7. The predicted octanol–water partition coefficient (Wildman–Crippen LogP) is 1.77. The van der Waals surface area contributed by atoms with Crippen LogP contribution < -0.4 is 11.1 Å². The maximum absolute atomic E-state index is 11.8. The van der Waals surface area contributed by atoms with E-state index in [4.69, 9.17) is 5.73 Å². The number of piperidine rings is 1. The van der Waals surface area contributed by atoms with Crippen molar-refractivity contribution in [1.29, 1.82) is 0 Å². The molecule has 0 spiro atoms. The number of nitrogens with two attached hydrogens (primary N) is 1. The largest absolute Gasteiger partial charge is 0.351 e. The van der Waals surface area contributed by atoms with Crippen molar-refractivity contribution in [2.45, 2.75) is 58.5 Å². The van der Waals surface area contributed by atoms with Gasteiger partial charge in [0.25, 0.3) is 0 Å². The molecule has 1 rings (SSSR count). The maximum Gasteiger partial charge on any atom is 0.237 e. The van der Waals surface area contributed by atoms with E-state index < -0.39 is 0 Å². The number of rotatable bonds is 6. The van der Waals surface area contributed by atoms with Gasteiger partial charge in [-0.2, -0.15) is 0 Å². The van der Waals surface area contributed by atoms with Gasteiger partial charge in [0.15, 0.2) is 0 Å². The van der Waals surface area contributed by atoms with Crippen LogP contribution in [-0.4, -0.2) is 42.5 Å². The molecular weight excluding hydrogens is 262 g/mol. The Labute approximate surface area is 123 Å². The minimum absolute atomic E-state index is 0. The Morgan fingerprint density at radius 2 is 2.21 bits per heavy atom. The summed E-state index contributed by atoms with van der Waals surface area (Å²) < 4.78 is 0. The lowest BCUT2D eigenvalue weighted by Gasteiger charge is -2.33. The summed E-state index contributed by atoms with van der Waals surface area (Å²) in [6.07, 6.45) is 4.32. The zero-order valence-electron chi connectivity index (χ0n) is 12.5. The molecular formula is C14H30ClN3O. The molecule has 5 heteroatoms. The van der Waals surface area contributed by atoms with Crippen molar-refractivity contribution in [3.8, 4) is 0 Å². The lowest BCUT2D eigenvalue weighted by atomic mass is 10.00. The van der Waals surface area contributed by atoms with Crippen LogP contribution in [0.5, 0.6) is 0 Å². The molecule has 0 aliphatic carbocycles. The first-order valence-electron chi connectivity index (χ1n) is 7.31. The topological polar surface area (TPSA) is 58.4 Å². The molecule has 1 fully saturated rings. The monoisotopic (exact) mass is 291 g/mol. The van der Waals surface area contributed by atoms with Crippen molar-refractivity contribution in [2.24, 2.45) is 11.7 Å². The molecule has 3 atom stereocenters. The van der Waals surface area contributed by atoms with Gasteiger partial charge in [-0.3, -0.25) is 4.79 Å². The molecule has 114 valence electrons. The second kappa shape index (κ2) is 9.56. The molecule has 0 aromatic rings. The molecule has 1 heterocycles. The van der Waals surface area contributed by atoms with E-state index in [2.05, 4.69) is 24.1 Å². The summed E-state index contributed by atoms with van der Waals surface area (Å²) in [5.74, 6) is 0.776. The number of hydrogen-bond acceptors (Lipinski definition) is 3. The molecule has 4 nitrogen and oxygen atoms in total. The SMILES string of the molecule is CCCC(N)C(=O)NC(C)CN1CCCC(C)C1.Cl. The highest BCUT2D eigenvalue weighted by molar-refractivity contribution is 5.85. The number of hydrogen-bond donors (Lipinski definition) is 2. The molecule has 19 heavy (non-hydrogen) atoms. The van der Waals surface area contributed by atoms with Crippen LogP contribution in [0.1, 0.15) is 46.5 Å². The van der Waals surface area contributed by atoms with E-state index in [9.17, 15) is 4.79 Å². The van der Waals surface area contributed by atoms with Crippen LogP contribution in [0.2, 0.25) is 0 Å². The average Bonchev–Trinajstić information content (AvgIpc) is 2.28. The van der Waals surface area contributed by atoms with Crippen molar-refractivity contribution in [2.75, 3.05) is 19.6 Å². The smallest absolute Gasteiger partial charge is 0.237 e. The number of carbonyl (C=O) groups is 1. The van der Waals surface area contributed by atoms with E-state index in [1.165, 1.54) is 12.8 Å². The van der Waals surface area contributed by atoms with E-state index in [1.54, 1.807) is 0 Å². The molecule has 1 saturated heterocycles. The fourth-order valence-corrected chi connectivity index (χ4v) is 2.68. The number of carbonyl (C=O) groups excluding carboxylic acids is 1. The Morgan fingerprint density at radius 3 is 2.79 bits per heavy atom. The summed E-state index contributed by atoms with van der Waals surface area (Å²) in [6.45, 7) is 9.66. The first-order valence-corrected chi connectivity index (χ1v) is 7.31. The summed E-state index contributed by atoms with van der Waals surface area (Å²) in [4.78, 5) is 14.2. The minimum atomic E-state index is -0.349. The third-order valence-electron chi connectivity index (χ3n) is 3.60. The van der Waals surface area contributed by atoms with Crippen molar-refractivity contribution < 1.29 is 4.79 Å². The number of likely N-dealkylation sites (tertiary alicyclic amines) is 1. The third kappa shape index (κ3) is 7.14. The highest BCUT2D eigenvalue weighted by Crippen LogP contribution is 2.15. The standard InChI is InChI=1S/C14H29N3O.ClH/c1-4-6-13(15)14(18)16-12(3)10-17-8-5-7-11(2)9-17;/h11-13H,4-10,15H2,1-3H3,(H,16,18);1H. The van der Waals surface area contributed by atoms with Gasteiger partial charge in [-0.15, -0.1) is 12.4 Å². The van der Waals surface area contributed by atoms with Crippen LogP contribution in [0.15, 0.2) is 0 Å². The summed E-state index contributed by atoms with van der Waals surface area (Å²) in [5, 5.41) is 3.02. The van der Waals surface area contributed by atoms with Gasteiger partial charge in [-0.25, -0.2) is 0 Å². The second-order valence-electron chi connectivity index (χ2n) is 5.81. The second-order valence-corrected chi connectivity index (χ2v) is 5.81. The molecule has 1 aliphatic heterocycles. The molecule has 3 unspecified atom stereocenters. The van der Waals surface area contributed by atoms with Gasteiger partial charge in [0.1, 0.15) is 0 Å². The molecule has 0 aromatic heterocycles. The molecule has 0 saturated carbocycles. The van der Waals surface area contributed by atoms with E-state index in [-0.39, 0.29) is 30.4 Å². The van der Waals surface area contributed by atoms with Crippen molar-refractivity contribution in [3.63, 3.8) is 0 Å². The van der Waals surface area contributed by atoms with Crippen LogP contribution in [-0.2, 0) is 4.79 Å². The normalized spacial score (nSPS) is 23.3. The van der Waals surface area contributed by atoms with Crippen molar-refractivity contribution in [1.82, 2.24) is 10.2 Å². The van der Waals surface area contributed by atoms with E-state index in [0.717, 1.165) is 38.4 Å². The fourth-order valence-electron chi connectivity index (χ4n) is 2.68. The summed E-state index contributed by atoms with van der Waals surface area (Å²) >= 11 is 0. The third-order valence-corrected chi connectivity index (χ3v) is 3.60. The number of amides is 1. The lowest BCUT2D eigenvalue weighted by Crippen LogP contribution is -2.49. The van der Waals surface area contributed by atoms with Crippen molar-refractivity contribution in [3.05, 3.63) is 0 Å². The average molecular weight is 292 g/mol. The summed E-state index contributed by atoms with van der Waals surface area (Å²) in [7, 11) is 0. The Bertz CT molecular complexity index is 263. The lowest BCUT2D eigenvalue weighted by molar-refractivity contribution is -0.123. The van der Waals surface area contributed by atoms with Gasteiger partial charge >= 0.3 is 0 Å². The Balaban J connectivity index is 0.00000324. The molecule has 0 bridgehead atoms. The maximum atomic E-state index is 11.8. The van der Waals surface area contributed by atoms with Crippen LogP contribution in [0.3, 0.4) is 0 Å². The van der Waals surface area contributed by atoms with Gasteiger partial charge in [-0.1, -0.05) is 20.3 Å². The number of halogens is 1. The summed E-state index contributed by atoms with van der Waals surface area (Å²) in [6, 6.07) is -0.163. The fraction of sp³-hybridized carbons (Fsp3) is 0.929. The molecule has 0 radical (unpaired) electrons. The Hall–Kier alpha value is -0.320. The quantitative estimate of drug-likeness (QED) is 0.784. The molecule has 1 amide bonds. The molecule has 1 aliphatic rings. The number of nitrogens with zero attached hydrogens (tertiary/aromatic N) is 1. The zero-order chi connectivity index (χ0) is 13.5. The zero-order valence-corrected chi connectivity index (χ0v) is 13.3. The van der Waals surface area contributed by atoms with Gasteiger partial charge in [0.2, 0.25) is 5.91 Å². The van der Waals surface area contributed by atoms with E-state index >= 15 is 0 Å². The molecule has 3 N–H and O–H groups in total. The van der Waals surface area contributed by atoms with Crippen LogP contribution in [0.25, 0.3) is 0 Å². The van der Waals surface area contributed by atoms with Crippen LogP contribution >= 0.6 is 12.4 Å². The molecule has 0 aromatic carbocycles. The summed E-state index contributed by atoms with van der Waals surface area (Å²) in [5.41, 5.74) is 5.81. The van der Waals surface area contributed by atoms with Gasteiger partial charge in [0.05, 0.1) is 6.04 Å². The highest BCUT2D eigenvalue weighted by Gasteiger charge is 2.20. The van der Waals surface area contributed by atoms with Gasteiger partial charge < -0.3 is 16.0 Å².